The third-order valence-corrected chi connectivity index (χ3v) is 10.3. The third kappa shape index (κ3) is 19.3. The van der Waals surface area contributed by atoms with Crippen molar-refractivity contribution in [2.24, 2.45) is 17.8 Å². The Morgan fingerprint density at radius 3 is 1.65 bits per heavy atom. The van der Waals surface area contributed by atoms with Crippen LogP contribution in [0, 0.1) is 17.8 Å². The highest BCUT2D eigenvalue weighted by atomic mass is 16.2. The van der Waals surface area contributed by atoms with Gasteiger partial charge in [-0.25, -0.2) is 9.97 Å². The van der Waals surface area contributed by atoms with E-state index in [-0.39, 0.29) is 54.9 Å². The van der Waals surface area contributed by atoms with Crippen LogP contribution in [0.5, 0.6) is 0 Å². The number of amides is 3. The molecule has 3 amide bonds. The van der Waals surface area contributed by atoms with Crippen molar-refractivity contribution in [2.45, 2.75) is 175 Å². The minimum absolute atomic E-state index is 0.142. The Labute approximate surface area is 328 Å². The molecule has 13 nitrogen and oxygen atoms in total. The van der Waals surface area contributed by atoms with Gasteiger partial charge >= 0.3 is 0 Å². The minimum atomic E-state index is -0.909. The van der Waals surface area contributed by atoms with Crippen molar-refractivity contribution in [1.29, 1.82) is 0 Å². The first-order valence-electron chi connectivity index (χ1n) is 20.7. The fourth-order valence-corrected chi connectivity index (χ4v) is 6.60. The van der Waals surface area contributed by atoms with Gasteiger partial charge in [-0.2, -0.15) is 0 Å². The highest BCUT2D eigenvalue weighted by molar-refractivity contribution is 5.96. The Bertz CT molecular complexity index is 1430. The van der Waals surface area contributed by atoms with E-state index in [4.69, 9.17) is 0 Å². The zero-order chi connectivity index (χ0) is 40.6. The van der Waals surface area contributed by atoms with Crippen molar-refractivity contribution in [3.8, 4) is 0 Å². The molecule has 0 saturated carbocycles. The summed E-state index contributed by atoms with van der Waals surface area (Å²) in [7, 11) is 0. The summed E-state index contributed by atoms with van der Waals surface area (Å²) in [6, 6.07) is -2.47. The van der Waals surface area contributed by atoms with Gasteiger partial charge in [0.1, 0.15) is 0 Å². The van der Waals surface area contributed by atoms with Crippen molar-refractivity contribution in [1.82, 2.24) is 35.9 Å². The van der Waals surface area contributed by atoms with Gasteiger partial charge in [0.15, 0.2) is 17.3 Å². The summed E-state index contributed by atoms with van der Waals surface area (Å²) in [4.78, 5) is 92.6. The maximum Gasteiger partial charge on any atom is 0.224 e. The molecule has 0 aromatic carbocycles. The molecule has 5 N–H and O–H groups in total. The average molecular weight is 768 g/mol. The second-order valence-corrected chi connectivity index (χ2v) is 15.7. The van der Waals surface area contributed by atoms with Crippen molar-refractivity contribution < 1.29 is 28.8 Å². The fourth-order valence-electron chi connectivity index (χ4n) is 6.60. The third-order valence-electron chi connectivity index (χ3n) is 10.3. The molecule has 2 aromatic rings. The van der Waals surface area contributed by atoms with Crippen molar-refractivity contribution in [3.05, 3.63) is 36.4 Å². The largest absolute Gasteiger partial charge is 0.348 e. The Balaban J connectivity index is 1.91. The molecular weight excluding hydrogens is 699 g/mol. The normalized spacial score (nSPS) is 14.1. The molecule has 2 heterocycles. The zero-order valence-corrected chi connectivity index (χ0v) is 34.3. The topological polar surface area (TPSA) is 196 Å². The number of unbranched alkanes of at least 4 members (excludes halogenated alkanes) is 12. The lowest BCUT2D eigenvalue weighted by molar-refractivity contribution is -0.135. The molecule has 0 radical (unpaired) electrons. The van der Waals surface area contributed by atoms with Gasteiger partial charge < -0.3 is 25.9 Å². The number of rotatable bonds is 31. The molecule has 308 valence electrons. The fraction of sp³-hybridized carbons (Fsp3) is 0.714. The van der Waals surface area contributed by atoms with Crippen LogP contribution >= 0.6 is 0 Å². The van der Waals surface area contributed by atoms with E-state index < -0.39 is 41.8 Å². The van der Waals surface area contributed by atoms with E-state index in [1.807, 2.05) is 0 Å². The molecule has 0 aliphatic carbocycles. The van der Waals surface area contributed by atoms with E-state index >= 15 is 0 Å². The van der Waals surface area contributed by atoms with Gasteiger partial charge in [0.2, 0.25) is 17.7 Å². The molecule has 5 atom stereocenters. The van der Waals surface area contributed by atoms with Crippen LogP contribution in [-0.4, -0.2) is 73.1 Å². The molecule has 55 heavy (non-hydrogen) atoms. The molecule has 0 fully saturated rings. The molecule has 0 spiro atoms. The Morgan fingerprint density at radius 1 is 0.636 bits per heavy atom. The van der Waals surface area contributed by atoms with E-state index in [0.717, 1.165) is 19.3 Å². The lowest BCUT2D eigenvalue weighted by atomic mass is 9.88. The number of ketones is 3. The summed E-state index contributed by atoms with van der Waals surface area (Å²) < 4.78 is 0. The number of carbonyl (C=O) groups is 6. The van der Waals surface area contributed by atoms with Crippen LogP contribution in [0.1, 0.15) is 156 Å². The average Bonchev–Trinajstić information content (AvgIpc) is 3.86. The second kappa shape index (κ2) is 26.6. The standard InChI is InChI=1S/C42H69N7O6/c1-7-8-9-10-11-12-13-14-15-16-17-18-19-20-39(53)48-36(24-35-26-44-28-46-35)37(51)21-30(4)41(54)49-40(29(2)3)38(52)23-33(22-34-25-43-27-45-34)42(55)47-31(5)32(6)50/h25-31,33,36,40H,7-24H2,1-6H3,(H,43,45)(H,44,46)(H,47,55)(H,48,53)(H,49,54)/t30-,31-,33-,36+,40+/m1/s1. The molecule has 2 rings (SSSR count). The quantitative estimate of drug-likeness (QED) is 0.0552. The summed E-state index contributed by atoms with van der Waals surface area (Å²) in [5.74, 6) is -3.86. The second-order valence-electron chi connectivity index (χ2n) is 15.7. The first-order chi connectivity index (χ1) is 26.3. The molecule has 0 bridgehead atoms. The van der Waals surface area contributed by atoms with Crippen LogP contribution in [-0.2, 0) is 41.6 Å². The Hall–Kier alpha value is -4.16. The van der Waals surface area contributed by atoms with Crippen molar-refractivity contribution in [3.63, 3.8) is 0 Å². The van der Waals surface area contributed by atoms with E-state index in [0.29, 0.717) is 17.8 Å². The zero-order valence-electron chi connectivity index (χ0n) is 34.3. The lowest BCUT2D eigenvalue weighted by Gasteiger charge is -2.26. The summed E-state index contributed by atoms with van der Waals surface area (Å²) in [5, 5.41) is 8.41. The number of nitrogens with one attached hydrogen (secondary N) is 5. The smallest absolute Gasteiger partial charge is 0.224 e. The molecule has 0 aliphatic rings. The SMILES string of the molecule is CCCCCCCCCCCCCCCC(=O)N[C@@H](Cc1cnc[nH]1)C(=O)C[C@@H](C)C(=O)N[C@H](C(=O)C[C@@H](Cc1cnc[nH]1)C(=O)N[C@H](C)C(C)=O)C(C)C. The van der Waals surface area contributed by atoms with Gasteiger partial charge in [0, 0.05) is 61.8 Å². The van der Waals surface area contributed by atoms with E-state index in [1.54, 1.807) is 40.1 Å². The van der Waals surface area contributed by atoms with E-state index in [9.17, 15) is 28.8 Å². The highest BCUT2D eigenvalue weighted by Crippen LogP contribution is 2.18. The Kier molecular flexibility index (Phi) is 22.7. The number of hydrogen-bond acceptors (Lipinski definition) is 8. The highest BCUT2D eigenvalue weighted by Gasteiger charge is 2.33. The predicted molar refractivity (Wildman–Crippen MR) is 214 cm³/mol. The van der Waals surface area contributed by atoms with E-state index in [1.165, 1.54) is 83.8 Å². The predicted octanol–water partition coefficient (Wildman–Crippen LogP) is 6.29. The van der Waals surface area contributed by atoms with Gasteiger partial charge in [-0.1, -0.05) is 105 Å². The molecule has 13 heteroatoms. The number of hydrogen-bond donors (Lipinski definition) is 5. The minimum Gasteiger partial charge on any atom is -0.348 e. The van der Waals surface area contributed by atoms with Crippen LogP contribution < -0.4 is 16.0 Å². The number of Topliss-reactive ketones (excluding diaryl/α,β-unsaturated/α-hetero) is 3. The number of H-pyrrole nitrogens is 2. The molecular formula is C42H69N7O6. The molecule has 0 unspecified atom stereocenters. The van der Waals surface area contributed by atoms with E-state index in [2.05, 4.69) is 42.8 Å². The Morgan fingerprint density at radius 2 is 1.16 bits per heavy atom. The van der Waals surface area contributed by atoms with Crippen LogP contribution in [0.15, 0.2) is 25.0 Å². The number of carbonyl (C=O) groups excluding carboxylic acids is 6. The monoisotopic (exact) mass is 768 g/mol. The van der Waals surface area contributed by atoms with Crippen LogP contribution in [0.25, 0.3) is 0 Å². The summed E-state index contributed by atoms with van der Waals surface area (Å²) in [6.45, 7) is 10.4. The van der Waals surface area contributed by atoms with Crippen LogP contribution in [0.2, 0.25) is 0 Å². The molecule has 2 aromatic heterocycles. The first kappa shape index (κ1) is 47.0. The maximum absolute atomic E-state index is 13.7. The number of nitrogens with zero attached hydrogens (tertiary/aromatic N) is 2. The van der Waals surface area contributed by atoms with Gasteiger partial charge in [-0.3, -0.25) is 28.8 Å². The molecule has 0 aliphatic heterocycles. The van der Waals surface area contributed by atoms with Gasteiger partial charge in [-0.15, -0.1) is 0 Å². The first-order valence-corrected chi connectivity index (χ1v) is 20.7. The van der Waals surface area contributed by atoms with Crippen LogP contribution in [0.3, 0.4) is 0 Å². The van der Waals surface area contributed by atoms with Gasteiger partial charge in [-0.05, 0) is 26.2 Å². The number of aromatic amines is 2. The number of imidazole rings is 2. The maximum atomic E-state index is 13.7. The van der Waals surface area contributed by atoms with Crippen molar-refractivity contribution >= 4 is 35.1 Å². The van der Waals surface area contributed by atoms with Gasteiger partial charge in [0.05, 0.1) is 36.7 Å². The summed E-state index contributed by atoms with van der Waals surface area (Å²) in [6.07, 6.45) is 22.3. The number of aromatic nitrogens is 4. The van der Waals surface area contributed by atoms with Crippen LogP contribution in [0.4, 0.5) is 0 Å². The lowest BCUT2D eigenvalue weighted by Crippen LogP contribution is -2.49. The summed E-state index contributed by atoms with van der Waals surface area (Å²) >= 11 is 0. The van der Waals surface area contributed by atoms with Gasteiger partial charge in [0.25, 0.3) is 0 Å². The van der Waals surface area contributed by atoms with Crippen molar-refractivity contribution in [2.75, 3.05) is 0 Å². The molecule has 0 saturated heterocycles. The summed E-state index contributed by atoms with van der Waals surface area (Å²) in [5.41, 5.74) is 1.34.